The summed E-state index contributed by atoms with van der Waals surface area (Å²) in [4.78, 5) is 0. The molecule has 1 aromatic heterocycles. The van der Waals surface area contributed by atoms with Gasteiger partial charge in [-0.1, -0.05) is 5.10 Å². The van der Waals surface area contributed by atoms with Crippen LogP contribution in [0.1, 0.15) is 12.8 Å². The molecule has 0 amide bonds. The van der Waals surface area contributed by atoms with Crippen LogP contribution < -0.4 is 10.6 Å². The molecule has 2 N–H and O–H groups in total. The van der Waals surface area contributed by atoms with E-state index in [0.29, 0.717) is 24.2 Å². The van der Waals surface area contributed by atoms with Gasteiger partial charge in [0.15, 0.2) is 0 Å². The van der Waals surface area contributed by atoms with Crippen molar-refractivity contribution in [1.82, 2.24) is 15.5 Å². The molecule has 86 valence electrons. The van der Waals surface area contributed by atoms with Crippen LogP contribution in [0.25, 0.3) is 0 Å². The molecule has 7 heteroatoms. The highest BCUT2D eigenvalue weighted by Gasteiger charge is 2.09. The summed E-state index contributed by atoms with van der Waals surface area (Å²) in [5.74, 6) is 1.09. The first kappa shape index (κ1) is 12.1. The van der Waals surface area contributed by atoms with Gasteiger partial charge in [-0.2, -0.15) is 0 Å². The van der Waals surface area contributed by atoms with Gasteiger partial charge >= 0.3 is 6.01 Å². The molecule has 0 spiro atoms. The zero-order chi connectivity index (χ0) is 11.3. The molecular formula is C8H16N4O2S. The fourth-order valence-corrected chi connectivity index (χ4v) is 1.93. The maximum absolute atomic E-state index is 10.9. The summed E-state index contributed by atoms with van der Waals surface area (Å²) in [7, 11) is 0.975. The van der Waals surface area contributed by atoms with Gasteiger partial charge in [0.05, 0.1) is 6.54 Å². The van der Waals surface area contributed by atoms with Crippen molar-refractivity contribution >= 4 is 16.8 Å². The summed E-state index contributed by atoms with van der Waals surface area (Å²) in [5.41, 5.74) is 0. The molecule has 2 unspecified atom stereocenters. The first-order chi connectivity index (χ1) is 7.11. The number of hydrogen-bond acceptors (Lipinski definition) is 6. The lowest BCUT2D eigenvalue weighted by molar-refractivity contribution is 0.487. The van der Waals surface area contributed by atoms with E-state index in [9.17, 15) is 4.21 Å². The minimum atomic E-state index is -0.831. The maximum Gasteiger partial charge on any atom is 0.315 e. The minimum absolute atomic E-state index is 0.0544. The molecule has 0 bridgehead atoms. The van der Waals surface area contributed by atoms with E-state index in [1.165, 1.54) is 0 Å². The Labute approximate surface area is 91.3 Å². The fourth-order valence-electron chi connectivity index (χ4n) is 1.14. The first-order valence-electron chi connectivity index (χ1n) is 4.65. The van der Waals surface area contributed by atoms with E-state index in [1.807, 2.05) is 6.92 Å². The van der Waals surface area contributed by atoms with E-state index in [1.54, 1.807) is 13.3 Å². The minimum Gasteiger partial charge on any atom is -0.407 e. The Morgan fingerprint density at radius 2 is 2.27 bits per heavy atom. The van der Waals surface area contributed by atoms with Gasteiger partial charge in [-0.05, 0) is 14.0 Å². The van der Waals surface area contributed by atoms with Crippen LogP contribution in [0.2, 0.25) is 0 Å². The monoisotopic (exact) mass is 232 g/mol. The van der Waals surface area contributed by atoms with Crippen molar-refractivity contribution in [3.63, 3.8) is 0 Å². The third-order valence-electron chi connectivity index (χ3n) is 1.65. The van der Waals surface area contributed by atoms with Gasteiger partial charge in [0.25, 0.3) is 0 Å². The molecule has 2 atom stereocenters. The van der Waals surface area contributed by atoms with E-state index in [0.717, 1.165) is 0 Å². The molecule has 15 heavy (non-hydrogen) atoms. The molecular weight excluding hydrogens is 216 g/mol. The Hall–Kier alpha value is -0.950. The number of rotatable bonds is 6. The number of anilines is 1. The van der Waals surface area contributed by atoms with Gasteiger partial charge in [0.2, 0.25) is 5.89 Å². The van der Waals surface area contributed by atoms with E-state index in [2.05, 4.69) is 20.8 Å². The van der Waals surface area contributed by atoms with Crippen molar-refractivity contribution in [2.75, 3.05) is 24.4 Å². The van der Waals surface area contributed by atoms with Crippen molar-refractivity contribution in [3.8, 4) is 0 Å². The quantitative estimate of drug-likeness (QED) is 0.717. The Morgan fingerprint density at radius 1 is 1.53 bits per heavy atom. The van der Waals surface area contributed by atoms with Gasteiger partial charge in [-0.3, -0.25) is 4.21 Å². The zero-order valence-corrected chi connectivity index (χ0v) is 9.93. The molecule has 0 saturated heterocycles. The summed E-state index contributed by atoms with van der Waals surface area (Å²) >= 11 is 0. The normalized spacial score (nSPS) is 14.9. The molecule has 1 aromatic rings. The van der Waals surface area contributed by atoms with Gasteiger partial charge in [-0.25, -0.2) is 0 Å². The van der Waals surface area contributed by atoms with Gasteiger partial charge in [0.1, 0.15) is 0 Å². The molecule has 1 heterocycles. The summed E-state index contributed by atoms with van der Waals surface area (Å²) in [5, 5.41) is 13.5. The highest BCUT2D eigenvalue weighted by Crippen LogP contribution is 2.06. The molecule has 0 saturated carbocycles. The summed E-state index contributed by atoms with van der Waals surface area (Å²) < 4.78 is 16.2. The van der Waals surface area contributed by atoms with Crippen molar-refractivity contribution in [2.24, 2.45) is 0 Å². The van der Waals surface area contributed by atoms with Crippen LogP contribution in [-0.4, -0.2) is 39.5 Å². The second-order valence-corrected chi connectivity index (χ2v) is 4.80. The number of aromatic nitrogens is 2. The van der Waals surface area contributed by atoms with Crippen LogP contribution in [-0.2, 0) is 17.3 Å². The largest absolute Gasteiger partial charge is 0.407 e. The van der Waals surface area contributed by atoms with Gasteiger partial charge in [-0.15, -0.1) is 5.10 Å². The third kappa shape index (κ3) is 4.39. The van der Waals surface area contributed by atoms with Crippen molar-refractivity contribution < 1.29 is 8.63 Å². The van der Waals surface area contributed by atoms with Crippen molar-refractivity contribution in [1.29, 1.82) is 0 Å². The second kappa shape index (κ2) is 5.82. The molecule has 0 aliphatic rings. The van der Waals surface area contributed by atoms with E-state index < -0.39 is 10.8 Å². The van der Waals surface area contributed by atoms with Crippen LogP contribution in [0.3, 0.4) is 0 Å². The second-order valence-electron chi connectivity index (χ2n) is 3.32. The Balaban J connectivity index is 2.45. The number of nitrogens with one attached hydrogen (secondary N) is 2. The van der Waals surface area contributed by atoms with E-state index >= 15 is 0 Å². The molecule has 0 aliphatic carbocycles. The average molecular weight is 232 g/mol. The lowest BCUT2D eigenvalue weighted by atomic mass is 10.4. The fraction of sp³-hybridized carbons (Fsp3) is 0.750. The van der Waals surface area contributed by atoms with Crippen LogP contribution >= 0.6 is 0 Å². The van der Waals surface area contributed by atoms with Crippen LogP contribution in [0.4, 0.5) is 6.01 Å². The number of nitrogens with zero attached hydrogens (tertiary/aromatic N) is 2. The summed E-state index contributed by atoms with van der Waals surface area (Å²) in [6.07, 6.45) is 1.67. The van der Waals surface area contributed by atoms with E-state index in [4.69, 9.17) is 4.42 Å². The van der Waals surface area contributed by atoms with Crippen LogP contribution in [0.5, 0.6) is 0 Å². The standard InChI is InChI=1S/C8H16N4O2S/c1-6(5-15(3)13)10-8-12-11-7(14-8)4-9-2/h6,9H,4-5H2,1-3H3,(H,10,12). The predicted octanol–water partition coefficient (Wildman–Crippen LogP) is -0.0321. The SMILES string of the molecule is CNCc1nnc(NC(C)CS(C)=O)o1. The predicted molar refractivity (Wildman–Crippen MR) is 59.1 cm³/mol. The first-order valence-corrected chi connectivity index (χ1v) is 6.38. The third-order valence-corrected chi connectivity index (χ3v) is 2.62. The molecule has 0 aliphatic heterocycles. The summed E-state index contributed by atoms with van der Waals surface area (Å²) in [6, 6.07) is 0.428. The molecule has 6 nitrogen and oxygen atoms in total. The summed E-state index contributed by atoms with van der Waals surface area (Å²) in [6.45, 7) is 2.46. The average Bonchev–Trinajstić information content (AvgIpc) is 2.51. The highest BCUT2D eigenvalue weighted by molar-refractivity contribution is 7.84. The Morgan fingerprint density at radius 3 is 2.87 bits per heavy atom. The Bertz CT molecular complexity index is 328. The van der Waals surface area contributed by atoms with Gasteiger partial charge < -0.3 is 15.1 Å². The van der Waals surface area contributed by atoms with Crippen molar-refractivity contribution in [3.05, 3.63) is 5.89 Å². The molecule has 0 fully saturated rings. The lowest BCUT2D eigenvalue weighted by Crippen LogP contribution is -2.22. The molecule has 0 radical (unpaired) electrons. The molecule has 0 aromatic carbocycles. The highest BCUT2D eigenvalue weighted by atomic mass is 32.2. The maximum atomic E-state index is 10.9. The molecule has 1 rings (SSSR count). The zero-order valence-electron chi connectivity index (χ0n) is 9.11. The Kier molecular flexibility index (Phi) is 4.70. The lowest BCUT2D eigenvalue weighted by Gasteiger charge is -2.08. The van der Waals surface area contributed by atoms with E-state index in [-0.39, 0.29) is 6.04 Å². The topological polar surface area (TPSA) is 80.0 Å². The van der Waals surface area contributed by atoms with Crippen LogP contribution in [0, 0.1) is 0 Å². The van der Waals surface area contributed by atoms with Crippen LogP contribution in [0.15, 0.2) is 4.42 Å². The number of hydrogen-bond donors (Lipinski definition) is 2. The van der Waals surface area contributed by atoms with Gasteiger partial charge in [0, 0.05) is 28.9 Å². The van der Waals surface area contributed by atoms with Crippen molar-refractivity contribution in [2.45, 2.75) is 19.5 Å². The smallest absolute Gasteiger partial charge is 0.315 e.